The summed E-state index contributed by atoms with van der Waals surface area (Å²) in [4.78, 5) is 29.1. The van der Waals surface area contributed by atoms with Gasteiger partial charge >= 0.3 is 0 Å². The summed E-state index contributed by atoms with van der Waals surface area (Å²) in [7, 11) is 0. The van der Waals surface area contributed by atoms with Crippen LogP contribution in [0.5, 0.6) is 5.75 Å². The summed E-state index contributed by atoms with van der Waals surface area (Å²) in [5.74, 6) is 0.172. The van der Waals surface area contributed by atoms with E-state index in [1.807, 2.05) is 67.6 Å². The van der Waals surface area contributed by atoms with Gasteiger partial charge in [0.15, 0.2) is 6.61 Å². The molecule has 0 radical (unpaired) electrons. The minimum atomic E-state index is -0.720. The molecule has 38 heavy (non-hydrogen) atoms. The fraction of sp³-hybridized carbons (Fsp3) is 0.355. The highest BCUT2D eigenvalue weighted by atomic mass is 35.5. The fourth-order valence-corrected chi connectivity index (χ4v) is 5.12. The van der Waals surface area contributed by atoms with E-state index >= 15 is 0 Å². The molecular formula is C31H34Cl2N2O3. The molecule has 1 aliphatic carbocycles. The van der Waals surface area contributed by atoms with Gasteiger partial charge in [-0.15, -0.1) is 0 Å². The molecule has 5 nitrogen and oxygen atoms in total. The van der Waals surface area contributed by atoms with Gasteiger partial charge in [0.1, 0.15) is 11.8 Å². The van der Waals surface area contributed by atoms with E-state index in [4.69, 9.17) is 27.9 Å². The number of nitrogens with one attached hydrogen (secondary N) is 1. The van der Waals surface area contributed by atoms with Gasteiger partial charge in [0.2, 0.25) is 5.91 Å². The van der Waals surface area contributed by atoms with Crippen LogP contribution >= 0.6 is 23.2 Å². The van der Waals surface area contributed by atoms with Crippen LogP contribution in [0, 0.1) is 6.92 Å². The molecule has 1 N–H and O–H groups in total. The van der Waals surface area contributed by atoms with Crippen LogP contribution in [0.2, 0.25) is 10.0 Å². The van der Waals surface area contributed by atoms with Gasteiger partial charge in [0.25, 0.3) is 5.91 Å². The second-order valence-corrected chi connectivity index (χ2v) is 10.7. The average molecular weight is 554 g/mol. The molecule has 200 valence electrons. The maximum atomic E-state index is 13.8. The van der Waals surface area contributed by atoms with Gasteiger partial charge in [-0.2, -0.15) is 0 Å². The first-order chi connectivity index (χ1) is 18.4. The lowest BCUT2D eigenvalue weighted by Crippen LogP contribution is -2.53. The van der Waals surface area contributed by atoms with Crippen molar-refractivity contribution in [2.75, 3.05) is 6.61 Å². The van der Waals surface area contributed by atoms with E-state index in [9.17, 15) is 9.59 Å². The smallest absolute Gasteiger partial charge is 0.261 e. The standard InChI is InChI=1S/C31H34Cl2N2O3/c1-22-12-15-26(16-13-22)38-21-30(36)35(20-24-14-17-27(32)28(33)18-24)29(19-23-8-4-2-5-9-23)31(37)34-25-10-6-3-7-11-25/h2,4-5,8-9,12-18,25,29H,3,6-7,10-11,19-21H2,1H3,(H,34,37). The number of benzene rings is 3. The fourth-order valence-electron chi connectivity index (χ4n) is 4.80. The van der Waals surface area contributed by atoms with Crippen LogP contribution in [0.1, 0.15) is 48.8 Å². The van der Waals surface area contributed by atoms with Gasteiger partial charge in [-0.1, -0.05) is 96.6 Å². The summed E-state index contributed by atoms with van der Waals surface area (Å²) >= 11 is 12.4. The highest BCUT2D eigenvalue weighted by Gasteiger charge is 2.32. The highest BCUT2D eigenvalue weighted by molar-refractivity contribution is 6.42. The molecule has 0 bridgehead atoms. The first kappa shape index (κ1) is 28.0. The van der Waals surface area contributed by atoms with Crippen LogP contribution in [0.3, 0.4) is 0 Å². The molecular weight excluding hydrogens is 519 g/mol. The summed E-state index contributed by atoms with van der Waals surface area (Å²) in [5, 5.41) is 4.08. The number of carbonyl (C=O) groups excluding carboxylic acids is 2. The number of aryl methyl sites for hydroxylation is 1. The molecule has 2 amide bonds. The van der Waals surface area contributed by atoms with Crippen LogP contribution in [-0.4, -0.2) is 35.4 Å². The number of ether oxygens (including phenoxy) is 1. The maximum absolute atomic E-state index is 13.8. The summed E-state index contributed by atoms with van der Waals surface area (Å²) in [6.07, 6.45) is 5.70. The van der Waals surface area contributed by atoms with Crippen molar-refractivity contribution in [3.63, 3.8) is 0 Å². The van der Waals surface area contributed by atoms with Crippen molar-refractivity contribution in [2.45, 2.75) is 64.1 Å². The summed E-state index contributed by atoms with van der Waals surface area (Å²) in [6.45, 7) is 2.00. The Hall–Kier alpha value is -3.02. The molecule has 0 saturated heterocycles. The lowest BCUT2D eigenvalue weighted by molar-refractivity contribution is -0.143. The number of hydrogen-bond acceptors (Lipinski definition) is 3. The zero-order valence-corrected chi connectivity index (χ0v) is 23.2. The molecule has 1 saturated carbocycles. The molecule has 0 aromatic heterocycles. The van der Waals surface area contributed by atoms with Gasteiger partial charge in [-0.25, -0.2) is 0 Å². The molecule has 3 aromatic carbocycles. The third-order valence-corrected chi connectivity index (χ3v) is 7.68. The normalized spacial score (nSPS) is 14.5. The van der Waals surface area contributed by atoms with Crippen LogP contribution in [-0.2, 0) is 22.6 Å². The summed E-state index contributed by atoms with van der Waals surface area (Å²) < 4.78 is 5.84. The molecule has 7 heteroatoms. The molecule has 0 heterocycles. The van der Waals surface area contributed by atoms with Crippen LogP contribution in [0.25, 0.3) is 0 Å². The molecule has 1 aliphatic rings. The Morgan fingerprint density at radius 3 is 2.32 bits per heavy atom. The topological polar surface area (TPSA) is 58.6 Å². The average Bonchev–Trinajstić information content (AvgIpc) is 2.93. The maximum Gasteiger partial charge on any atom is 0.261 e. The number of rotatable bonds is 10. The van der Waals surface area contributed by atoms with Crippen molar-refractivity contribution in [2.24, 2.45) is 0 Å². The Balaban J connectivity index is 1.62. The third kappa shape index (κ3) is 7.99. The third-order valence-electron chi connectivity index (χ3n) is 6.94. The number of hydrogen-bond donors (Lipinski definition) is 1. The van der Waals surface area contributed by atoms with Crippen molar-refractivity contribution in [1.82, 2.24) is 10.2 Å². The van der Waals surface area contributed by atoms with Crippen molar-refractivity contribution in [3.8, 4) is 5.75 Å². The lowest BCUT2D eigenvalue weighted by Gasteiger charge is -2.33. The van der Waals surface area contributed by atoms with Crippen molar-refractivity contribution < 1.29 is 14.3 Å². The lowest BCUT2D eigenvalue weighted by atomic mass is 9.94. The number of halogens is 2. The summed E-state index contributed by atoms with van der Waals surface area (Å²) in [5.41, 5.74) is 2.86. The van der Waals surface area contributed by atoms with Crippen molar-refractivity contribution >= 4 is 35.0 Å². The second kappa shape index (κ2) is 13.7. The van der Waals surface area contributed by atoms with E-state index in [1.54, 1.807) is 17.0 Å². The molecule has 0 spiro atoms. The Morgan fingerprint density at radius 1 is 0.921 bits per heavy atom. The van der Waals surface area contributed by atoms with E-state index in [0.717, 1.165) is 42.4 Å². The quantitative estimate of drug-likeness (QED) is 0.302. The van der Waals surface area contributed by atoms with E-state index in [0.29, 0.717) is 22.2 Å². The van der Waals surface area contributed by atoms with Gasteiger partial charge in [-0.3, -0.25) is 9.59 Å². The first-order valence-electron chi connectivity index (χ1n) is 13.2. The van der Waals surface area contributed by atoms with Crippen molar-refractivity contribution in [3.05, 3.63) is 99.5 Å². The van der Waals surface area contributed by atoms with Gasteiger partial charge < -0.3 is 15.0 Å². The van der Waals surface area contributed by atoms with Crippen LogP contribution < -0.4 is 10.1 Å². The van der Waals surface area contributed by atoms with Crippen molar-refractivity contribution in [1.29, 1.82) is 0 Å². The minimum absolute atomic E-state index is 0.125. The second-order valence-electron chi connectivity index (χ2n) is 9.92. The Bertz CT molecular complexity index is 1210. The zero-order valence-electron chi connectivity index (χ0n) is 21.7. The molecule has 1 atom stereocenters. The van der Waals surface area contributed by atoms with E-state index < -0.39 is 6.04 Å². The number of nitrogens with zero attached hydrogens (tertiary/aromatic N) is 1. The predicted octanol–water partition coefficient (Wildman–Crippen LogP) is 6.77. The first-order valence-corrected chi connectivity index (χ1v) is 13.9. The molecule has 4 rings (SSSR count). The summed E-state index contributed by atoms with van der Waals surface area (Å²) in [6, 6.07) is 22.0. The van der Waals surface area contributed by atoms with Crippen LogP contribution in [0.4, 0.5) is 0 Å². The highest BCUT2D eigenvalue weighted by Crippen LogP contribution is 2.25. The largest absolute Gasteiger partial charge is 0.484 e. The number of carbonyl (C=O) groups is 2. The van der Waals surface area contributed by atoms with E-state index in [-0.39, 0.29) is 31.0 Å². The Morgan fingerprint density at radius 2 is 1.63 bits per heavy atom. The van der Waals surface area contributed by atoms with E-state index in [1.165, 1.54) is 6.42 Å². The molecule has 3 aromatic rings. The molecule has 1 fully saturated rings. The minimum Gasteiger partial charge on any atom is -0.484 e. The Labute approximate surface area is 235 Å². The van der Waals surface area contributed by atoms with Crippen LogP contribution in [0.15, 0.2) is 72.8 Å². The van der Waals surface area contributed by atoms with Gasteiger partial charge in [-0.05, 0) is 55.2 Å². The monoisotopic (exact) mass is 552 g/mol. The number of amides is 2. The predicted molar refractivity (Wildman–Crippen MR) is 153 cm³/mol. The SMILES string of the molecule is Cc1ccc(OCC(=O)N(Cc2ccc(Cl)c(Cl)c2)C(Cc2ccccc2)C(=O)NC2CCCCC2)cc1. The van der Waals surface area contributed by atoms with E-state index in [2.05, 4.69) is 5.32 Å². The van der Waals surface area contributed by atoms with Gasteiger partial charge in [0.05, 0.1) is 10.0 Å². The zero-order chi connectivity index (χ0) is 26.9. The molecule has 1 unspecified atom stereocenters. The van der Waals surface area contributed by atoms with Gasteiger partial charge in [0, 0.05) is 19.0 Å². The molecule has 0 aliphatic heterocycles. The Kier molecular flexibility index (Phi) is 10.1.